The van der Waals surface area contributed by atoms with Gasteiger partial charge >= 0.3 is 0 Å². The van der Waals surface area contributed by atoms with Gasteiger partial charge in [0.1, 0.15) is 17.0 Å². The van der Waals surface area contributed by atoms with Crippen molar-refractivity contribution in [2.75, 3.05) is 19.6 Å². The Labute approximate surface area is 211 Å². The molecule has 0 radical (unpaired) electrons. The minimum absolute atomic E-state index is 0.163. The number of hydrogen-bond acceptors (Lipinski definition) is 4. The van der Waals surface area contributed by atoms with E-state index in [-0.39, 0.29) is 11.8 Å². The summed E-state index contributed by atoms with van der Waals surface area (Å²) in [5.41, 5.74) is 3.55. The van der Waals surface area contributed by atoms with Crippen LogP contribution in [0.2, 0.25) is 0 Å². The summed E-state index contributed by atoms with van der Waals surface area (Å²) in [6.07, 6.45) is 8.53. The molecule has 1 saturated heterocycles. The van der Waals surface area contributed by atoms with Crippen molar-refractivity contribution in [1.29, 1.82) is 0 Å². The van der Waals surface area contributed by atoms with Crippen molar-refractivity contribution in [2.24, 2.45) is 16.8 Å². The maximum absolute atomic E-state index is 13.7. The van der Waals surface area contributed by atoms with Gasteiger partial charge in [0.2, 0.25) is 5.91 Å². The number of nitrogens with zero attached hydrogens (tertiary/aromatic N) is 3. The number of amides is 2. The van der Waals surface area contributed by atoms with Crippen LogP contribution in [0.4, 0.5) is 0 Å². The first kappa shape index (κ1) is 21.8. The maximum atomic E-state index is 13.7. The number of carbonyl (C=O) groups is 2. The largest absolute Gasteiger partial charge is 0.464 e. The van der Waals surface area contributed by atoms with Crippen molar-refractivity contribution >= 4 is 28.6 Å². The summed E-state index contributed by atoms with van der Waals surface area (Å²) in [5, 5.41) is 1.09. The lowest BCUT2D eigenvalue weighted by atomic mass is 9.97. The molecule has 6 nitrogen and oxygen atoms in total. The second kappa shape index (κ2) is 8.32. The first-order valence-corrected chi connectivity index (χ1v) is 13.4. The summed E-state index contributed by atoms with van der Waals surface area (Å²) >= 11 is 0. The van der Waals surface area contributed by atoms with E-state index in [0.29, 0.717) is 18.4 Å². The molecule has 0 N–H and O–H groups in total. The normalized spacial score (nSPS) is 23.3. The highest BCUT2D eigenvalue weighted by Crippen LogP contribution is 2.41. The summed E-state index contributed by atoms with van der Waals surface area (Å²) in [5.74, 6) is 1.85. The van der Waals surface area contributed by atoms with E-state index in [2.05, 4.69) is 36.4 Å². The van der Waals surface area contributed by atoms with Gasteiger partial charge in [-0.3, -0.25) is 19.5 Å². The molecule has 6 heteroatoms. The predicted octanol–water partition coefficient (Wildman–Crippen LogP) is 5.26. The van der Waals surface area contributed by atoms with E-state index in [0.717, 1.165) is 91.5 Å². The Hall–Kier alpha value is -3.41. The minimum Gasteiger partial charge on any atom is -0.464 e. The molecule has 1 aromatic heterocycles. The quantitative estimate of drug-likeness (QED) is 0.499. The van der Waals surface area contributed by atoms with Gasteiger partial charge in [-0.25, -0.2) is 0 Å². The Bertz CT molecular complexity index is 1360. The summed E-state index contributed by atoms with van der Waals surface area (Å²) < 4.78 is 5.48. The highest BCUT2D eigenvalue weighted by molar-refractivity contribution is 6.15. The number of benzene rings is 2. The van der Waals surface area contributed by atoms with Crippen molar-refractivity contribution < 1.29 is 14.0 Å². The Morgan fingerprint density at radius 3 is 2.50 bits per heavy atom. The topological polar surface area (TPSA) is 66.1 Å². The van der Waals surface area contributed by atoms with Crippen molar-refractivity contribution in [3.8, 4) is 11.1 Å². The fourth-order valence-corrected chi connectivity index (χ4v) is 6.32. The minimum atomic E-state index is -0.581. The molecule has 1 spiro atoms. The molecule has 3 heterocycles. The average molecular weight is 482 g/mol. The molecule has 2 amide bonds. The van der Waals surface area contributed by atoms with Gasteiger partial charge in [-0.15, -0.1) is 0 Å². The second-order valence-electron chi connectivity index (χ2n) is 11.1. The summed E-state index contributed by atoms with van der Waals surface area (Å²) in [6, 6.07) is 16.6. The lowest BCUT2D eigenvalue weighted by Crippen LogP contribution is -2.44. The Kier molecular flexibility index (Phi) is 5.05. The highest BCUT2D eigenvalue weighted by atomic mass is 16.3. The lowest BCUT2D eigenvalue weighted by molar-refractivity contribution is -0.131. The number of amidine groups is 1. The zero-order valence-corrected chi connectivity index (χ0v) is 20.5. The molecule has 7 rings (SSSR count). The van der Waals surface area contributed by atoms with E-state index in [1.54, 1.807) is 6.26 Å². The molecule has 4 aliphatic rings. The van der Waals surface area contributed by atoms with Crippen LogP contribution in [0.25, 0.3) is 22.1 Å². The van der Waals surface area contributed by atoms with Gasteiger partial charge in [-0.1, -0.05) is 43.2 Å². The van der Waals surface area contributed by atoms with Crippen LogP contribution in [0, 0.1) is 11.8 Å². The number of likely N-dealkylation sites (tertiary alicyclic amines) is 1. The zero-order valence-electron chi connectivity index (χ0n) is 20.5. The van der Waals surface area contributed by atoms with Gasteiger partial charge in [0.15, 0.2) is 0 Å². The van der Waals surface area contributed by atoms with Crippen LogP contribution in [0.15, 0.2) is 64.2 Å². The Balaban J connectivity index is 1.15. The highest BCUT2D eigenvalue weighted by Gasteiger charge is 2.50. The van der Waals surface area contributed by atoms with Gasteiger partial charge in [-0.2, -0.15) is 0 Å². The zero-order chi connectivity index (χ0) is 24.3. The van der Waals surface area contributed by atoms with Gasteiger partial charge in [0.25, 0.3) is 5.91 Å². The molecule has 36 heavy (non-hydrogen) atoms. The molecule has 2 aromatic carbocycles. The fraction of sp³-hybridized carbons (Fsp3) is 0.433. The Morgan fingerprint density at radius 1 is 0.972 bits per heavy atom. The third kappa shape index (κ3) is 3.66. The second-order valence-corrected chi connectivity index (χ2v) is 11.1. The van der Waals surface area contributed by atoms with Gasteiger partial charge < -0.3 is 9.32 Å². The number of furan rings is 1. The van der Waals surface area contributed by atoms with Gasteiger partial charge in [0.05, 0.1) is 6.26 Å². The summed E-state index contributed by atoms with van der Waals surface area (Å²) in [7, 11) is 0. The van der Waals surface area contributed by atoms with Crippen LogP contribution in [-0.4, -0.2) is 52.6 Å². The van der Waals surface area contributed by atoms with Crippen molar-refractivity contribution in [3.05, 3.63) is 60.4 Å². The molecule has 2 aliphatic carbocycles. The number of hydrogen-bond donors (Lipinski definition) is 0. The molecule has 2 saturated carbocycles. The third-order valence-electron chi connectivity index (χ3n) is 8.54. The van der Waals surface area contributed by atoms with Crippen LogP contribution >= 0.6 is 0 Å². The smallest absolute Gasteiger partial charge is 0.256 e. The molecule has 1 atom stereocenters. The van der Waals surface area contributed by atoms with Crippen LogP contribution < -0.4 is 0 Å². The molecule has 3 fully saturated rings. The predicted molar refractivity (Wildman–Crippen MR) is 139 cm³/mol. The van der Waals surface area contributed by atoms with Gasteiger partial charge in [-0.05, 0) is 67.3 Å². The molecule has 184 valence electrons. The van der Waals surface area contributed by atoms with Crippen LogP contribution in [-0.2, 0) is 9.59 Å². The van der Waals surface area contributed by atoms with E-state index in [9.17, 15) is 9.59 Å². The Morgan fingerprint density at radius 2 is 1.72 bits per heavy atom. The standard InChI is InChI=1S/C30H31N3O3/c34-28(23-7-8-23)32-15-11-20(18-32)19-33-27(31-30(29(33)35)13-1-2-14-30)22-5-3-21(4-6-22)24-9-10-26-25(17-24)12-16-36-26/h3-6,9-10,12,16-17,20,23H,1-2,7-8,11,13-15,18-19H2/t20-/m1/s1. The van der Waals surface area contributed by atoms with Crippen LogP contribution in [0.1, 0.15) is 50.5 Å². The third-order valence-corrected chi connectivity index (χ3v) is 8.54. The van der Waals surface area contributed by atoms with Crippen molar-refractivity contribution in [1.82, 2.24) is 9.80 Å². The molecular formula is C30H31N3O3. The van der Waals surface area contributed by atoms with Crippen LogP contribution in [0.5, 0.6) is 0 Å². The van der Waals surface area contributed by atoms with E-state index < -0.39 is 5.54 Å². The molecular weight excluding hydrogens is 450 g/mol. The number of aliphatic imine (C=N–C) groups is 1. The first-order valence-electron chi connectivity index (χ1n) is 13.4. The van der Waals surface area contributed by atoms with E-state index in [1.165, 1.54) is 0 Å². The lowest BCUT2D eigenvalue weighted by Gasteiger charge is -2.25. The van der Waals surface area contributed by atoms with Gasteiger partial charge in [0, 0.05) is 36.5 Å². The number of carbonyl (C=O) groups excluding carboxylic acids is 2. The number of rotatable bonds is 5. The molecule has 2 aliphatic heterocycles. The van der Waals surface area contributed by atoms with Crippen molar-refractivity contribution in [3.63, 3.8) is 0 Å². The average Bonchev–Trinajstić information content (AvgIpc) is 3.24. The maximum Gasteiger partial charge on any atom is 0.256 e. The molecule has 0 unspecified atom stereocenters. The SMILES string of the molecule is O=C(C1CC1)N1CC[C@@H](CN2C(=O)C3(CCCC3)N=C2c2ccc(-c3ccc4occc4c3)cc2)C1. The monoisotopic (exact) mass is 481 g/mol. The van der Waals surface area contributed by atoms with Crippen molar-refractivity contribution in [2.45, 2.75) is 50.5 Å². The molecule has 0 bridgehead atoms. The van der Waals surface area contributed by atoms with E-state index in [1.807, 2.05) is 21.9 Å². The summed E-state index contributed by atoms with van der Waals surface area (Å²) in [6.45, 7) is 2.22. The van der Waals surface area contributed by atoms with E-state index >= 15 is 0 Å². The van der Waals surface area contributed by atoms with E-state index in [4.69, 9.17) is 9.41 Å². The first-order chi connectivity index (χ1) is 17.6. The number of fused-ring (bicyclic) bond motifs is 1. The van der Waals surface area contributed by atoms with Crippen LogP contribution in [0.3, 0.4) is 0 Å². The molecule has 3 aromatic rings. The summed E-state index contributed by atoms with van der Waals surface area (Å²) in [4.78, 5) is 35.4. The fourth-order valence-electron chi connectivity index (χ4n) is 6.32.